The second kappa shape index (κ2) is 7.91. The van der Waals surface area contributed by atoms with E-state index in [4.69, 9.17) is 16.6 Å². The number of fused-ring (bicyclic) bond motifs is 3. The molecule has 0 spiro atoms. The molecule has 0 amide bonds. The number of hydrogen-bond donors (Lipinski definition) is 0. The van der Waals surface area contributed by atoms with Crippen molar-refractivity contribution in [1.29, 1.82) is 0 Å². The first kappa shape index (κ1) is 19.4. The van der Waals surface area contributed by atoms with Gasteiger partial charge in [0.15, 0.2) is 5.16 Å². The van der Waals surface area contributed by atoms with Crippen LogP contribution in [0.1, 0.15) is 22.4 Å². The number of aromatic nitrogens is 2. The van der Waals surface area contributed by atoms with E-state index in [1.807, 2.05) is 36.4 Å². The van der Waals surface area contributed by atoms with Gasteiger partial charge in [-0.05, 0) is 66.8 Å². The summed E-state index contributed by atoms with van der Waals surface area (Å²) in [5.74, 6) is 0.732. The summed E-state index contributed by atoms with van der Waals surface area (Å²) in [5.41, 5.74) is 3.20. The highest BCUT2D eigenvalue weighted by molar-refractivity contribution is 9.10. The summed E-state index contributed by atoms with van der Waals surface area (Å²) in [4.78, 5) is 20.7. The number of rotatable bonds is 4. The molecule has 146 valence electrons. The third-order valence-corrected chi connectivity index (χ3v) is 7.99. The molecule has 2 aromatic heterocycles. The van der Waals surface area contributed by atoms with Crippen molar-refractivity contribution in [2.75, 3.05) is 0 Å². The standard InChI is InChI=1S/C22H16BrClN2OS2/c23-14-4-1-3-13(11-14)12-28-22-25-20-19(17-5-2-6-18(17)29-20)21(27)26(22)16-9-7-15(24)8-10-16/h1,3-4,7-11H,2,5-6,12H2. The van der Waals surface area contributed by atoms with Crippen LogP contribution in [0.4, 0.5) is 0 Å². The van der Waals surface area contributed by atoms with Gasteiger partial charge in [-0.3, -0.25) is 9.36 Å². The third kappa shape index (κ3) is 3.67. The SMILES string of the molecule is O=c1c2c3c(sc2nc(SCc2cccc(Br)c2)n1-c1ccc(Cl)cc1)CCC3. The molecule has 1 aliphatic carbocycles. The van der Waals surface area contributed by atoms with Crippen LogP contribution in [0.25, 0.3) is 15.9 Å². The molecule has 5 rings (SSSR count). The summed E-state index contributed by atoms with van der Waals surface area (Å²) in [7, 11) is 0. The van der Waals surface area contributed by atoms with Gasteiger partial charge in [-0.25, -0.2) is 4.98 Å². The molecule has 2 heterocycles. The van der Waals surface area contributed by atoms with Crippen molar-refractivity contribution in [3.63, 3.8) is 0 Å². The molecule has 2 aromatic carbocycles. The first-order valence-corrected chi connectivity index (χ1v) is 12.3. The maximum Gasteiger partial charge on any atom is 0.267 e. The number of benzene rings is 2. The molecule has 29 heavy (non-hydrogen) atoms. The summed E-state index contributed by atoms with van der Waals surface area (Å²) in [5, 5.41) is 2.16. The van der Waals surface area contributed by atoms with Gasteiger partial charge in [-0.1, -0.05) is 51.4 Å². The molecule has 0 N–H and O–H groups in total. The predicted molar refractivity (Wildman–Crippen MR) is 126 cm³/mol. The monoisotopic (exact) mass is 502 g/mol. The summed E-state index contributed by atoms with van der Waals surface area (Å²) in [6.07, 6.45) is 3.14. The number of aryl methyl sites for hydroxylation is 2. The van der Waals surface area contributed by atoms with Crippen LogP contribution in [0.5, 0.6) is 0 Å². The van der Waals surface area contributed by atoms with E-state index in [0.717, 1.165) is 45.4 Å². The Labute approximate surface area is 189 Å². The second-order valence-corrected chi connectivity index (χ2v) is 10.3. The Bertz CT molecular complexity index is 1280. The molecule has 0 atom stereocenters. The van der Waals surface area contributed by atoms with Crippen molar-refractivity contribution < 1.29 is 0 Å². The number of nitrogens with zero attached hydrogens (tertiary/aromatic N) is 2. The van der Waals surface area contributed by atoms with Crippen molar-refractivity contribution in [2.45, 2.75) is 30.2 Å². The van der Waals surface area contributed by atoms with Crippen LogP contribution in [-0.4, -0.2) is 9.55 Å². The minimum absolute atomic E-state index is 0.0217. The average molecular weight is 504 g/mol. The maximum atomic E-state index is 13.6. The minimum atomic E-state index is 0.0217. The lowest BCUT2D eigenvalue weighted by molar-refractivity contribution is 0.820. The number of thioether (sulfide) groups is 1. The molecule has 1 aliphatic rings. The fourth-order valence-electron chi connectivity index (χ4n) is 3.71. The van der Waals surface area contributed by atoms with Gasteiger partial charge in [0.2, 0.25) is 0 Å². The molecular formula is C22H16BrClN2OS2. The normalized spacial score (nSPS) is 13.2. The first-order valence-electron chi connectivity index (χ1n) is 9.30. The van der Waals surface area contributed by atoms with Crippen LogP contribution >= 0.6 is 50.6 Å². The zero-order valence-electron chi connectivity index (χ0n) is 15.3. The summed E-state index contributed by atoms with van der Waals surface area (Å²) in [6, 6.07) is 15.6. The molecule has 0 saturated carbocycles. The highest BCUT2D eigenvalue weighted by atomic mass is 79.9. The lowest BCUT2D eigenvalue weighted by Crippen LogP contribution is -2.21. The fraction of sp³-hybridized carbons (Fsp3) is 0.182. The minimum Gasteiger partial charge on any atom is -0.268 e. The van der Waals surface area contributed by atoms with Crippen molar-refractivity contribution in [2.24, 2.45) is 0 Å². The van der Waals surface area contributed by atoms with Crippen LogP contribution in [0.2, 0.25) is 5.02 Å². The Morgan fingerprint density at radius 2 is 2.00 bits per heavy atom. The van der Waals surface area contributed by atoms with Gasteiger partial charge < -0.3 is 0 Å². The van der Waals surface area contributed by atoms with Gasteiger partial charge in [0.05, 0.1) is 11.1 Å². The van der Waals surface area contributed by atoms with E-state index in [9.17, 15) is 4.79 Å². The quantitative estimate of drug-likeness (QED) is 0.231. The van der Waals surface area contributed by atoms with Crippen molar-refractivity contribution >= 4 is 60.8 Å². The van der Waals surface area contributed by atoms with E-state index in [1.54, 1.807) is 27.7 Å². The van der Waals surface area contributed by atoms with E-state index in [-0.39, 0.29) is 5.56 Å². The van der Waals surface area contributed by atoms with Crippen LogP contribution in [0.3, 0.4) is 0 Å². The number of hydrogen-bond acceptors (Lipinski definition) is 4. The molecule has 0 radical (unpaired) electrons. The van der Waals surface area contributed by atoms with E-state index < -0.39 is 0 Å². The Kier molecular flexibility index (Phi) is 5.28. The van der Waals surface area contributed by atoms with E-state index in [0.29, 0.717) is 10.2 Å². The smallest absolute Gasteiger partial charge is 0.267 e. The highest BCUT2D eigenvalue weighted by Crippen LogP contribution is 2.36. The van der Waals surface area contributed by atoms with Gasteiger partial charge in [-0.15, -0.1) is 11.3 Å². The van der Waals surface area contributed by atoms with Crippen molar-refractivity contribution in [3.05, 3.63) is 84.4 Å². The van der Waals surface area contributed by atoms with E-state index >= 15 is 0 Å². The summed E-state index contributed by atoms with van der Waals surface area (Å²) >= 11 is 12.9. The van der Waals surface area contributed by atoms with Crippen molar-refractivity contribution in [1.82, 2.24) is 9.55 Å². The number of thiophene rings is 1. The first-order chi connectivity index (χ1) is 14.1. The summed E-state index contributed by atoms with van der Waals surface area (Å²) in [6.45, 7) is 0. The topological polar surface area (TPSA) is 34.9 Å². The zero-order chi connectivity index (χ0) is 20.0. The van der Waals surface area contributed by atoms with E-state index in [2.05, 4.69) is 28.1 Å². The zero-order valence-corrected chi connectivity index (χ0v) is 19.3. The van der Waals surface area contributed by atoms with Gasteiger partial charge in [0, 0.05) is 20.1 Å². The molecule has 0 fully saturated rings. The van der Waals surface area contributed by atoms with Gasteiger partial charge >= 0.3 is 0 Å². The lowest BCUT2D eigenvalue weighted by Gasteiger charge is -2.13. The Morgan fingerprint density at radius 1 is 1.17 bits per heavy atom. The predicted octanol–water partition coefficient (Wildman–Crippen LogP) is 6.64. The van der Waals surface area contributed by atoms with Crippen LogP contribution in [0.15, 0.2) is 63.0 Å². The fourth-order valence-corrected chi connectivity index (χ4v) is 6.54. The molecule has 7 heteroatoms. The molecular weight excluding hydrogens is 488 g/mol. The summed E-state index contributed by atoms with van der Waals surface area (Å²) < 4.78 is 2.79. The van der Waals surface area contributed by atoms with Gasteiger partial charge in [0.1, 0.15) is 4.83 Å². The molecule has 0 unspecified atom stereocenters. The van der Waals surface area contributed by atoms with Crippen molar-refractivity contribution in [3.8, 4) is 5.69 Å². The highest BCUT2D eigenvalue weighted by Gasteiger charge is 2.24. The maximum absolute atomic E-state index is 13.6. The Morgan fingerprint density at radius 3 is 2.79 bits per heavy atom. The number of halogens is 2. The molecule has 0 saturated heterocycles. The van der Waals surface area contributed by atoms with Gasteiger partial charge in [0.25, 0.3) is 5.56 Å². The molecule has 4 aromatic rings. The Balaban J connectivity index is 1.65. The largest absolute Gasteiger partial charge is 0.268 e. The molecule has 3 nitrogen and oxygen atoms in total. The van der Waals surface area contributed by atoms with Crippen LogP contribution in [-0.2, 0) is 18.6 Å². The van der Waals surface area contributed by atoms with Gasteiger partial charge in [-0.2, -0.15) is 0 Å². The van der Waals surface area contributed by atoms with Crippen LogP contribution in [0, 0.1) is 0 Å². The average Bonchev–Trinajstić information content (AvgIpc) is 3.28. The third-order valence-electron chi connectivity index (χ3n) is 5.05. The van der Waals surface area contributed by atoms with E-state index in [1.165, 1.54) is 16.0 Å². The molecule has 0 aliphatic heterocycles. The van der Waals surface area contributed by atoms with Crippen LogP contribution < -0.4 is 5.56 Å². The Hall–Kier alpha value is -1.60. The lowest BCUT2D eigenvalue weighted by atomic mass is 10.2. The molecule has 0 bridgehead atoms. The second-order valence-electron chi connectivity index (χ2n) is 6.97.